The van der Waals surface area contributed by atoms with E-state index in [0.717, 1.165) is 103 Å². The number of nitrogens with zero attached hydrogens (tertiary/aromatic N) is 4. The molecule has 2 aromatic heterocycles. The van der Waals surface area contributed by atoms with Crippen LogP contribution in [-0.2, 0) is 38.3 Å². The molecular weight excluding hydrogens is 893 g/mol. The van der Waals surface area contributed by atoms with E-state index >= 15 is 0 Å². The number of carbonyl (C=O) groups excluding carboxylic acids is 4. The standard InChI is InChI=1S/C57H66N8O6/c1-31(2)48(62-54(68)70-6)52(66)64-29-56(18-19-56)27-46(64)50-58-42-16-14-38(25-44(42)60-50)40-23-34-8-10-35-12-13-36(33(5)22-37(40)11-9-34)24-41(35)39-15-17-43-45(26-39)61-51(59-43)47-28-57(20-21-57)30-65(47)53(67)49(32(3)4)63-55(69)71-7/h9,11-17,23-26,31-33,46-49H,8,10,18-22,27-30H2,1-7H3,(H,58,60)(H,59,61)(H,62,68)(H,63,69)/t33-,46+,47+,48+,49+/m1/s1. The van der Waals surface area contributed by atoms with Gasteiger partial charge < -0.3 is 39.9 Å². The number of hydrogen-bond donors (Lipinski definition) is 4. The Morgan fingerprint density at radius 1 is 0.634 bits per heavy atom. The summed E-state index contributed by atoms with van der Waals surface area (Å²) < 4.78 is 9.77. The van der Waals surface area contributed by atoms with Crippen molar-refractivity contribution in [2.75, 3.05) is 27.3 Å². The van der Waals surface area contributed by atoms with Crippen LogP contribution in [0, 0.1) is 22.7 Å². The molecule has 2 aliphatic heterocycles. The van der Waals surface area contributed by atoms with Crippen molar-refractivity contribution in [1.29, 1.82) is 0 Å². The first kappa shape index (κ1) is 46.7. The first-order valence-corrected chi connectivity index (χ1v) is 25.7. The second kappa shape index (κ2) is 17.9. The number of ether oxygens (including phenoxy) is 2. The molecule has 14 heteroatoms. The molecule has 2 spiro atoms. The SMILES string of the molecule is COC(=O)N[C@H](C(=O)N1CC2(CC2)C[C@H]1c1nc2ccc(-c3cc4ccc3CCc3ccc(c(-c5ccc6nc([C@@H]7CC8(CC8)CN7C(=O)[C@@H](NC(=O)OC)C(C)C)[nH]c6c5)c3)C[C@H]4C)cc2[nH]1)C(C)C. The minimum atomic E-state index is -0.694. The molecule has 2 saturated carbocycles. The lowest BCUT2D eigenvalue weighted by atomic mass is 9.84. The van der Waals surface area contributed by atoms with Crippen LogP contribution in [0.25, 0.3) is 44.3 Å². The van der Waals surface area contributed by atoms with Crippen LogP contribution in [0.1, 0.15) is 125 Å². The first-order valence-electron chi connectivity index (χ1n) is 25.7. The third-order valence-corrected chi connectivity index (χ3v) is 16.6. The van der Waals surface area contributed by atoms with Crippen LogP contribution in [0.3, 0.4) is 0 Å². The molecule has 6 aromatic rings. The van der Waals surface area contributed by atoms with E-state index in [2.05, 4.69) is 100 Å². The topological polar surface area (TPSA) is 175 Å². The maximum absolute atomic E-state index is 14.2. The fourth-order valence-electron chi connectivity index (χ4n) is 11.9. The smallest absolute Gasteiger partial charge is 0.407 e. The van der Waals surface area contributed by atoms with E-state index in [1.807, 2.05) is 37.5 Å². The zero-order valence-electron chi connectivity index (χ0n) is 42.0. The number of alkyl carbamates (subject to hydrolysis) is 2. The number of likely N-dealkylation sites (tertiary alicyclic amines) is 2. The van der Waals surface area contributed by atoms with E-state index in [9.17, 15) is 19.2 Å². The molecule has 370 valence electrons. The summed E-state index contributed by atoms with van der Waals surface area (Å²) in [6, 6.07) is 25.2. The van der Waals surface area contributed by atoms with Crippen molar-refractivity contribution in [2.45, 2.75) is 122 Å². The van der Waals surface area contributed by atoms with Crippen molar-refractivity contribution in [1.82, 2.24) is 40.4 Å². The molecule has 5 atom stereocenters. The van der Waals surface area contributed by atoms with E-state index < -0.39 is 24.3 Å². The van der Waals surface area contributed by atoms with Crippen molar-refractivity contribution in [3.05, 3.63) is 107 Å². The number of aryl methyl sites for hydroxylation is 2. The Balaban J connectivity index is 0.852. The Bertz CT molecular complexity index is 3090. The Morgan fingerprint density at radius 3 is 1.61 bits per heavy atom. The van der Waals surface area contributed by atoms with Crippen molar-refractivity contribution < 1.29 is 28.7 Å². The van der Waals surface area contributed by atoms with Crippen molar-refractivity contribution in [3.8, 4) is 22.3 Å². The second-order valence-electron chi connectivity index (χ2n) is 22.3. The van der Waals surface area contributed by atoms with Crippen LogP contribution in [0.15, 0.2) is 72.8 Å². The van der Waals surface area contributed by atoms with Gasteiger partial charge in [-0.15, -0.1) is 0 Å². The minimum absolute atomic E-state index is 0.0970. The maximum atomic E-state index is 14.2. The van der Waals surface area contributed by atoms with Gasteiger partial charge in [0.05, 0.1) is 48.4 Å². The number of nitrogens with one attached hydrogen (secondary N) is 4. The number of imidazole rings is 2. The number of aromatic amines is 2. The summed E-state index contributed by atoms with van der Waals surface area (Å²) in [6.07, 6.45) is 7.42. The Morgan fingerprint density at radius 2 is 1.13 bits per heavy atom. The number of rotatable bonds is 10. The number of hydrogen-bond acceptors (Lipinski definition) is 8. The lowest BCUT2D eigenvalue weighted by molar-refractivity contribution is -0.136. The molecule has 4 aromatic carbocycles. The van der Waals surface area contributed by atoms with Crippen LogP contribution in [0.5, 0.6) is 0 Å². The summed E-state index contributed by atoms with van der Waals surface area (Å²) in [4.78, 5) is 74.3. The summed E-state index contributed by atoms with van der Waals surface area (Å²) in [7, 11) is 2.64. The highest BCUT2D eigenvalue weighted by atomic mass is 16.5. The Kier molecular flexibility index (Phi) is 11.7. The van der Waals surface area contributed by atoms with Gasteiger partial charge in [-0.05, 0) is 155 Å². The minimum Gasteiger partial charge on any atom is -0.453 e. The van der Waals surface area contributed by atoms with Crippen molar-refractivity contribution >= 4 is 46.1 Å². The van der Waals surface area contributed by atoms with Crippen LogP contribution < -0.4 is 10.6 Å². The van der Waals surface area contributed by atoms with E-state index in [4.69, 9.17) is 19.4 Å². The van der Waals surface area contributed by atoms with Crippen LogP contribution in [0.4, 0.5) is 9.59 Å². The number of carbonyl (C=O) groups is 4. The number of methoxy groups -OCH3 is 2. The molecule has 4 heterocycles. The fraction of sp³-hybridized carbons (Fsp3) is 0.474. The fourth-order valence-corrected chi connectivity index (χ4v) is 11.9. The summed E-state index contributed by atoms with van der Waals surface area (Å²) in [5.41, 5.74) is 13.7. The van der Waals surface area contributed by atoms with Gasteiger partial charge in [0.25, 0.3) is 0 Å². The summed E-state index contributed by atoms with van der Waals surface area (Å²) >= 11 is 0. The van der Waals surface area contributed by atoms with E-state index in [0.29, 0.717) is 13.1 Å². The van der Waals surface area contributed by atoms with Gasteiger partial charge in [-0.2, -0.15) is 0 Å². The molecule has 8 aliphatic rings. The number of benzene rings is 4. The van der Waals surface area contributed by atoms with Crippen LogP contribution in [0.2, 0.25) is 0 Å². The zero-order chi connectivity index (χ0) is 49.5. The maximum Gasteiger partial charge on any atom is 0.407 e. The van der Waals surface area contributed by atoms with Gasteiger partial charge in [0.2, 0.25) is 11.8 Å². The largest absolute Gasteiger partial charge is 0.453 e. The molecule has 4 bridgehead atoms. The monoisotopic (exact) mass is 959 g/mol. The van der Waals surface area contributed by atoms with Crippen LogP contribution >= 0.6 is 0 Å². The predicted octanol–water partition coefficient (Wildman–Crippen LogP) is 10.1. The van der Waals surface area contributed by atoms with Gasteiger partial charge in [-0.1, -0.05) is 83.1 Å². The highest BCUT2D eigenvalue weighted by molar-refractivity contribution is 5.89. The third kappa shape index (κ3) is 8.81. The highest BCUT2D eigenvalue weighted by Crippen LogP contribution is 2.59. The summed E-state index contributed by atoms with van der Waals surface area (Å²) in [6.45, 7) is 11.4. The quantitative estimate of drug-likeness (QED) is 0.105. The third-order valence-electron chi connectivity index (χ3n) is 16.6. The van der Waals surface area contributed by atoms with Gasteiger partial charge in [0.15, 0.2) is 0 Å². The molecular formula is C57H66N8O6. The molecule has 71 heavy (non-hydrogen) atoms. The molecule has 6 aliphatic carbocycles. The molecule has 4 N–H and O–H groups in total. The Hall–Kier alpha value is -6.70. The van der Waals surface area contributed by atoms with Gasteiger partial charge in [-0.3, -0.25) is 9.59 Å². The summed E-state index contributed by atoms with van der Waals surface area (Å²) in [5, 5.41) is 5.58. The first-order chi connectivity index (χ1) is 34.1. The molecule has 4 amide bonds. The highest BCUT2D eigenvalue weighted by Gasteiger charge is 2.56. The molecule has 14 rings (SSSR count). The number of amides is 4. The zero-order valence-corrected chi connectivity index (χ0v) is 42.0. The van der Waals surface area contributed by atoms with Crippen molar-refractivity contribution in [2.24, 2.45) is 22.7 Å². The Labute approximate surface area is 415 Å². The van der Waals surface area contributed by atoms with Gasteiger partial charge in [-0.25, -0.2) is 19.6 Å². The van der Waals surface area contributed by atoms with Gasteiger partial charge in [0.1, 0.15) is 23.7 Å². The molecule has 2 saturated heterocycles. The molecule has 4 fully saturated rings. The summed E-state index contributed by atoms with van der Waals surface area (Å²) in [5.74, 6) is 1.39. The molecule has 0 radical (unpaired) electrons. The average Bonchev–Trinajstić information content (AvgIpc) is 4.01. The normalized spacial score (nSPS) is 21.5. The van der Waals surface area contributed by atoms with Gasteiger partial charge in [0, 0.05) is 13.1 Å². The predicted molar refractivity (Wildman–Crippen MR) is 272 cm³/mol. The number of H-pyrrole nitrogens is 2. The van der Waals surface area contributed by atoms with Crippen molar-refractivity contribution in [3.63, 3.8) is 0 Å². The number of aromatic nitrogens is 4. The van der Waals surface area contributed by atoms with E-state index in [-0.39, 0.29) is 52.5 Å². The van der Waals surface area contributed by atoms with Crippen LogP contribution in [-0.4, -0.2) is 93.1 Å². The lowest BCUT2D eigenvalue weighted by Gasteiger charge is -2.30. The molecule has 14 nitrogen and oxygen atoms in total. The van der Waals surface area contributed by atoms with Gasteiger partial charge >= 0.3 is 12.2 Å². The number of fused-ring (bicyclic) bond motifs is 2. The van der Waals surface area contributed by atoms with E-state index in [1.165, 1.54) is 47.6 Å². The molecule has 0 unspecified atom stereocenters. The van der Waals surface area contributed by atoms with E-state index in [1.54, 1.807) is 0 Å². The second-order valence-corrected chi connectivity index (χ2v) is 22.3. The lowest BCUT2D eigenvalue weighted by Crippen LogP contribution is -2.51. The average molecular weight is 959 g/mol.